The maximum Gasteiger partial charge on any atom is 0.189 e. The van der Waals surface area contributed by atoms with Gasteiger partial charge in [0.2, 0.25) is 0 Å². The van der Waals surface area contributed by atoms with Crippen molar-refractivity contribution in [2.75, 3.05) is 46.2 Å². The molecule has 1 spiro atoms. The first kappa shape index (κ1) is 79.3. The lowest BCUT2D eigenvalue weighted by atomic mass is 9.40. The summed E-state index contributed by atoms with van der Waals surface area (Å²) in [4.78, 5) is 0. The molecule has 11 aliphatic rings. The van der Waals surface area contributed by atoms with Crippen molar-refractivity contribution in [3.63, 3.8) is 0 Å². The Hall–Kier alpha value is -1.78. The van der Waals surface area contributed by atoms with E-state index >= 15 is 0 Å². The molecular weight excluding hydrogens is 1350 g/mol. The molecule has 0 aromatic heterocycles. The molecule has 11 fully saturated rings. The molecule has 37 unspecified atom stereocenters. The van der Waals surface area contributed by atoms with Gasteiger partial charge in [-0.2, -0.15) is 0 Å². The van der Waals surface area contributed by atoms with Crippen LogP contribution in [0.25, 0.3) is 0 Å². The van der Waals surface area contributed by atoms with E-state index in [1.807, 2.05) is 6.92 Å². The van der Waals surface area contributed by atoms with E-state index in [2.05, 4.69) is 13.5 Å². The van der Waals surface area contributed by atoms with Crippen molar-refractivity contribution in [1.29, 1.82) is 0 Å². The van der Waals surface area contributed by atoms with E-state index in [1.165, 1.54) is 0 Å². The minimum atomic E-state index is -2.29. The van der Waals surface area contributed by atoms with Gasteiger partial charge in [0.25, 0.3) is 0 Å². The second kappa shape index (κ2) is 31.4. The number of hydrogen-bond acceptors (Lipinski definition) is 38. The Morgan fingerprint density at radius 1 is 0.370 bits per heavy atom. The lowest BCUT2D eigenvalue weighted by Crippen LogP contribution is -2.69. The van der Waals surface area contributed by atoms with Crippen LogP contribution in [0.4, 0.5) is 0 Å². The van der Waals surface area contributed by atoms with Gasteiger partial charge in [-0.3, -0.25) is 0 Å². The smallest absolute Gasteiger partial charge is 0.189 e. The van der Waals surface area contributed by atoms with Crippen LogP contribution in [0.15, 0.2) is 12.2 Å². The lowest BCUT2D eigenvalue weighted by molar-refractivity contribution is -0.407. The fourth-order valence-electron chi connectivity index (χ4n) is 18.1. The zero-order valence-electron chi connectivity index (χ0n) is 54.9. The Morgan fingerprint density at radius 2 is 0.710 bits per heavy atom. The van der Waals surface area contributed by atoms with E-state index in [1.54, 1.807) is 0 Å². The van der Waals surface area contributed by atoms with E-state index in [0.29, 0.717) is 50.5 Å². The zero-order valence-corrected chi connectivity index (χ0v) is 54.9. The second-order valence-corrected chi connectivity index (χ2v) is 29.4. The Labute approximate surface area is 572 Å². The molecule has 38 heteroatoms. The molecular formula is C62H102O38. The van der Waals surface area contributed by atoms with Gasteiger partial charge in [-0.15, -0.1) is 0 Å². The largest absolute Gasteiger partial charge is 0.394 e. The Morgan fingerprint density at radius 3 is 1.13 bits per heavy atom. The molecule has 42 atom stereocenters. The van der Waals surface area contributed by atoms with E-state index in [9.17, 15) is 123 Å². The maximum atomic E-state index is 12.2. The summed E-state index contributed by atoms with van der Waals surface area (Å²) in [5.41, 5.74) is -2.58. The molecule has 0 aromatic rings. The van der Waals surface area contributed by atoms with Gasteiger partial charge >= 0.3 is 0 Å². The molecule has 100 heavy (non-hydrogen) atoms. The number of aliphatic hydroxyl groups excluding tert-OH is 24. The van der Waals surface area contributed by atoms with Crippen molar-refractivity contribution < 1.29 is 189 Å². The van der Waals surface area contributed by atoms with Crippen molar-refractivity contribution in [3.05, 3.63) is 12.2 Å². The molecule has 7 saturated heterocycles. The van der Waals surface area contributed by atoms with Crippen LogP contribution >= 0.6 is 0 Å². The predicted octanol–water partition coefficient (Wildman–Crippen LogP) is -11.8. The number of fused-ring (bicyclic) bond motifs is 3. The summed E-state index contributed by atoms with van der Waals surface area (Å²) in [6.07, 6.45) is -63.2. The third-order valence-corrected chi connectivity index (χ3v) is 23.6. The molecule has 7 aliphatic heterocycles. The van der Waals surface area contributed by atoms with Gasteiger partial charge in [-0.1, -0.05) is 26.8 Å². The average Bonchev–Trinajstić information content (AvgIpc) is 1.48. The van der Waals surface area contributed by atoms with Gasteiger partial charge in [0.1, 0.15) is 171 Å². The molecule has 0 aromatic carbocycles. The first-order valence-electron chi connectivity index (χ1n) is 34.1. The molecule has 2 bridgehead atoms. The monoisotopic (exact) mass is 1450 g/mol. The van der Waals surface area contributed by atoms with E-state index < -0.39 is 289 Å². The van der Waals surface area contributed by atoms with Crippen LogP contribution in [0.2, 0.25) is 0 Å². The highest BCUT2D eigenvalue weighted by Crippen LogP contribution is 2.74. The quantitative estimate of drug-likeness (QED) is 0.0272. The van der Waals surface area contributed by atoms with Crippen LogP contribution in [-0.4, -0.2) is 396 Å². The fourth-order valence-corrected chi connectivity index (χ4v) is 18.1. The molecule has 0 radical (unpaired) electrons. The van der Waals surface area contributed by atoms with Gasteiger partial charge < -0.3 is 189 Å². The zero-order chi connectivity index (χ0) is 72.7. The molecule has 7 heterocycles. The lowest BCUT2D eigenvalue weighted by Gasteiger charge is -2.65. The summed E-state index contributed by atoms with van der Waals surface area (Å²) in [6, 6.07) is 0. The summed E-state index contributed by atoms with van der Waals surface area (Å²) < 4.78 is 83.6. The average molecular weight is 1460 g/mol. The molecule has 4 saturated carbocycles. The van der Waals surface area contributed by atoms with Crippen LogP contribution in [-0.2, 0) is 66.3 Å². The Balaban J connectivity index is 0.791. The highest BCUT2D eigenvalue weighted by Gasteiger charge is 2.70. The van der Waals surface area contributed by atoms with E-state index in [-0.39, 0.29) is 18.3 Å². The summed E-state index contributed by atoms with van der Waals surface area (Å²) in [5.74, 6) is -0.233. The first-order valence-corrected chi connectivity index (χ1v) is 34.1. The second-order valence-electron chi connectivity index (χ2n) is 29.4. The fraction of sp³-hybridized carbons (Fsp3) is 0.968. The van der Waals surface area contributed by atoms with E-state index in [0.717, 1.165) is 6.42 Å². The van der Waals surface area contributed by atoms with Crippen LogP contribution in [0.5, 0.6) is 0 Å². The Bertz CT molecular complexity index is 2670. The number of ether oxygens (including phenoxy) is 14. The van der Waals surface area contributed by atoms with Crippen molar-refractivity contribution >= 4 is 0 Å². The minimum absolute atomic E-state index is 0.0419. The van der Waals surface area contributed by atoms with Crippen LogP contribution in [0.3, 0.4) is 0 Å². The van der Waals surface area contributed by atoms with Gasteiger partial charge in [-0.25, -0.2) is 0 Å². The van der Waals surface area contributed by atoms with Crippen LogP contribution in [0.1, 0.15) is 71.6 Å². The highest BCUT2D eigenvalue weighted by molar-refractivity contribution is 5.30. The van der Waals surface area contributed by atoms with Crippen molar-refractivity contribution in [2.45, 2.75) is 298 Å². The topological polar surface area (TPSA) is 615 Å². The van der Waals surface area contributed by atoms with Crippen molar-refractivity contribution in [1.82, 2.24) is 0 Å². The summed E-state index contributed by atoms with van der Waals surface area (Å²) >= 11 is 0. The first-order chi connectivity index (χ1) is 47.3. The summed E-state index contributed by atoms with van der Waals surface area (Å²) in [5, 5.41) is 262. The molecule has 578 valence electrons. The van der Waals surface area contributed by atoms with Gasteiger partial charge in [-0.05, 0) is 79.6 Å². The summed E-state index contributed by atoms with van der Waals surface area (Å²) in [7, 11) is 0. The SMILES string of the molecule is C=C1C[C@@]23CCC4[C@](C)(C(O)OC5OC(CO)C(O)C(O)C5O)CCC[C@@]4(C)[C@@H]2CC[C@]1(OC1OC(CO)C(O)C(OC2OC(CO)C(OC4OC(CO)C(OC5OC(CO)C(OC6OC(CO)C(O)C(O)C6O)C(O)C5O)C(O)C4O)C(O)C2O)C1OC1OC(CO)C(O)C(O)C1O)C3. The number of aliphatic hydroxyl groups is 24. The maximum absolute atomic E-state index is 12.2. The standard InChI is InChI=1S/C62H102O38/c1-20-11-61-9-5-28-59(2,7-4-8-60(28,3)58(86)99-56-42(82)36(76)32(72)23(14-65)89-56)29(61)6-10-62(20,19-61)100-57-50(98-52-41(81)35(75)31(71)22(13-64)88-52)49(33(73)24(15-66)90-57)97-55-45(85)39(79)48(27(18-69)93-55)96-54-44(84)38(78)47(26(17-68)92-54)95-53-43(83)37(77)46(25(16-67)91-53)94-51-40(80)34(74)30(70)21(12-63)87-51/h21-58,63-86H,1,4-19H2,2-3H3/t21?,22?,23?,24?,25?,26?,27?,28?,29-,30?,31?,32?,33?,34?,35?,36?,37?,38?,39?,40?,41?,42?,43?,44?,45?,46?,47?,48?,49?,50?,51?,52?,53?,54?,55?,56?,57?,58?,59+,60+,61+,62-/m0/s1. The van der Waals surface area contributed by atoms with Crippen molar-refractivity contribution in [3.8, 4) is 0 Å². The third-order valence-electron chi connectivity index (χ3n) is 23.6. The normalized spacial score (nSPS) is 54.9. The summed E-state index contributed by atoms with van der Waals surface area (Å²) in [6.45, 7) is 2.07. The molecule has 0 amide bonds. The molecule has 24 N–H and O–H groups in total. The molecule has 4 aliphatic carbocycles. The number of rotatable bonds is 22. The minimum Gasteiger partial charge on any atom is -0.394 e. The van der Waals surface area contributed by atoms with E-state index in [4.69, 9.17) is 66.3 Å². The Kier molecular flexibility index (Phi) is 24.9. The highest BCUT2D eigenvalue weighted by atomic mass is 16.8. The predicted molar refractivity (Wildman–Crippen MR) is 318 cm³/mol. The van der Waals surface area contributed by atoms with Gasteiger partial charge in [0, 0.05) is 5.41 Å². The van der Waals surface area contributed by atoms with Crippen LogP contribution < -0.4 is 0 Å². The van der Waals surface area contributed by atoms with Gasteiger partial charge in [0.15, 0.2) is 50.3 Å². The number of hydrogen-bond donors (Lipinski definition) is 24. The van der Waals surface area contributed by atoms with Crippen molar-refractivity contribution in [2.24, 2.45) is 28.1 Å². The van der Waals surface area contributed by atoms with Gasteiger partial charge in [0.05, 0.1) is 51.8 Å². The molecule has 11 rings (SSSR count). The third kappa shape index (κ3) is 14.2. The molecule has 38 nitrogen and oxygen atoms in total. The van der Waals surface area contributed by atoms with Crippen LogP contribution in [0, 0.1) is 28.1 Å².